The molecule has 2 aromatic heterocycles. The summed E-state index contributed by atoms with van der Waals surface area (Å²) in [6, 6.07) is 0. The first-order valence-electron chi connectivity index (χ1n) is 5.02. The maximum Gasteiger partial charge on any atom is 0.357 e. The Morgan fingerprint density at radius 2 is 2.29 bits per heavy atom. The Kier molecular flexibility index (Phi) is 3.01. The van der Waals surface area contributed by atoms with Crippen LogP contribution < -0.4 is 5.73 Å². The number of esters is 1. The van der Waals surface area contributed by atoms with E-state index in [4.69, 9.17) is 10.5 Å². The number of hydrogen-bond acceptors (Lipinski definition) is 5. The molecule has 0 saturated carbocycles. The van der Waals surface area contributed by atoms with E-state index in [1.807, 2.05) is 0 Å². The second-order valence-electron chi connectivity index (χ2n) is 3.41. The number of carbonyl (C=O) groups is 1. The van der Waals surface area contributed by atoms with E-state index in [1.54, 1.807) is 24.4 Å². The third-order valence-electron chi connectivity index (χ3n) is 2.25. The van der Waals surface area contributed by atoms with E-state index in [-0.39, 0.29) is 5.82 Å². The third kappa shape index (κ3) is 1.97. The third-order valence-corrected chi connectivity index (χ3v) is 2.63. The second-order valence-corrected chi connectivity index (χ2v) is 4.22. The number of anilines is 1. The van der Waals surface area contributed by atoms with E-state index in [2.05, 4.69) is 25.9 Å². The molecule has 0 fully saturated rings. The van der Waals surface area contributed by atoms with Crippen molar-refractivity contribution in [2.45, 2.75) is 13.8 Å². The molecule has 0 unspecified atom stereocenters. The van der Waals surface area contributed by atoms with Crippen LogP contribution in [0, 0.1) is 6.92 Å². The van der Waals surface area contributed by atoms with Gasteiger partial charge in [0.05, 0.1) is 12.3 Å². The van der Waals surface area contributed by atoms with Gasteiger partial charge in [-0.3, -0.25) is 4.40 Å². The summed E-state index contributed by atoms with van der Waals surface area (Å²) >= 11 is 3.22. The summed E-state index contributed by atoms with van der Waals surface area (Å²) in [6.07, 6.45) is 1.64. The Morgan fingerprint density at radius 3 is 2.94 bits per heavy atom. The van der Waals surface area contributed by atoms with Crippen molar-refractivity contribution in [1.82, 2.24) is 14.4 Å². The summed E-state index contributed by atoms with van der Waals surface area (Å²) in [5.41, 5.74) is 7.13. The lowest BCUT2D eigenvalue weighted by molar-refractivity contribution is 0.0517. The van der Waals surface area contributed by atoms with Gasteiger partial charge in [-0.2, -0.15) is 0 Å². The minimum atomic E-state index is -0.421. The van der Waals surface area contributed by atoms with Crippen molar-refractivity contribution < 1.29 is 9.53 Å². The Labute approximate surface area is 106 Å². The number of aromatic nitrogens is 3. The predicted octanol–water partition coefficient (Wildman–Crippen LogP) is 1.56. The van der Waals surface area contributed by atoms with Crippen molar-refractivity contribution in [1.29, 1.82) is 0 Å². The first-order chi connectivity index (χ1) is 8.04. The Bertz CT molecular complexity index is 593. The maximum atomic E-state index is 11.8. The van der Waals surface area contributed by atoms with Crippen molar-refractivity contribution in [2.24, 2.45) is 0 Å². The van der Waals surface area contributed by atoms with Crippen molar-refractivity contribution in [3.63, 3.8) is 0 Å². The van der Waals surface area contributed by atoms with Crippen molar-refractivity contribution in [3.8, 4) is 0 Å². The highest BCUT2D eigenvalue weighted by atomic mass is 79.9. The van der Waals surface area contributed by atoms with Gasteiger partial charge in [0.1, 0.15) is 4.60 Å². The van der Waals surface area contributed by atoms with Crippen molar-refractivity contribution in [3.05, 3.63) is 22.2 Å². The molecule has 0 saturated heterocycles. The van der Waals surface area contributed by atoms with E-state index in [0.29, 0.717) is 28.2 Å². The van der Waals surface area contributed by atoms with Crippen LogP contribution in [-0.4, -0.2) is 26.9 Å². The highest BCUT2D eigenvalue weighted by Crippen LogP contribution is 2.19. The zero-order valence-corrected chi connectivity index (χ0v) is 11.0. The highest BCUT2D eigenvalue weighted by molar-refractivity contribution is 9.10. The van der Waals surface area contributed by atoms with Gasteiger partial charge in [-0.25, -0.2) is 14.8 Å². The summed E-state index contributed by atoms with van der Waals surface area (Å²) in [4.78, 5) is 20.0. The lowest BCUT2D eigenvalue weighted by atomic mass is 10.3. The van der Waals surface area contributed by atoms with Gasteiger partial charge in [-0.15, -0.1) is 0 Å². The van der Waals surface area contributed by atoms with Crippen LogP contribution in [0.2, 0.25) is 0 Å². The first kappa shape index (κ1) is 11.8. The van der Waals surface area contributed by atoms with Crippen LogP contribution in [0.5, 0.6) is 0 Å². The molecule has 0 amide bonds. The molecule has 0 bridgehead atoms. The SMILES string of the molecule is CCOC(=O)c1c(C)nc2c(N)nc(Br)cn12. The highest BCUT2D eigenvalue weighted by Gasteiger charge is 2.19. The zero-order valence-electron chi connectivity index (χ0n) is 9.40. The average Bonchev–Trinajstić information content (AvgIpc) is 2.55. The topological polar surface area (TPSA) is 82.5 Å². The standard InChI is InChI=1S/C10H11BrN4O2/c1-3-17-10(16)7-5(2)13-9-8(12)14-6(11)4-15(7)9/h4H,3H2,1-2H3,(H2,12,14). The lowest BCUT2D eigenvalue weighted by Gasteiger charge is -2.03. The predicted molar refractivity (Wildman–Crippen MR) is 65.8 cm³/mol. The molecule has 0 spiro atoms. The van der Waals surface area contributed by atoms with E-state index < -0.39 is 5.97 Å². The van der Waals surface area contributed by atoms with Gasteiger partial charge in [0.2, 0.25) is 0 Å². The number of halogens is 1. The lowest BCUT2D eigenvalue weighted by Crippen LogP contribution is -2.10. The molecule has 2 rings (SSSR count). The minimum Gasteiger partial charge on any atom is -0.461 e. The fourth-order valence-electron chi connectivity index (χ4n) is 1.60. The number of aryl methyl sites for hydroxylation is 1. The second kappa shape index (κ2) is 4.33. The summed E-state index contributed by atoms with van der Waals surface area (Å²) in [5.74, 6) is -0.159. The van der Waals surface area contributed by atoms with Gasteiger partial charge in [-0.1, -0.05) is 0 Å². The quantitative estimate of drug-likeness (QED) is 0.851. The summed E-state index contributed by atoms with van der Waals surface area (Å²) in [7, 11) is 0. The zero-order chi connectivity index (χ0) is 12.6. The van der Waals surface area contributed by atoms with Crippen LogP contribution in [0.1, 0.15) is 23.1 Å². The molecule has 6 nitrogen and oxygen atoms in total. The molecule has 2 N–H and O–H groups in total. The number of ether oxygens (including phenoxy) is 1. The molecule has 0 aliphatic heterocycles. The fraction of sp³-hybridized carbons (Fsp3) is 0.300. The molecule has 0 aliphatic carbocycles. The van der Waals surface area contributed by atoms with E-state index >= 15 is 0 Å². The van der Waals surface area contributed by atoms with Gasteiger partial charge in [-0.05, 0) is 29.8 Å². The van der Waals surface area contributed by atoms with Crippen molar-refractivity contribution in [2.75, 3.05) is 12.3 Å². The van der Waals surface area contributed by atoms with E-state index in [0.717, 1.165) is 0 Å². The van der Waals surface area contributed by atoms with Gasteiger partial charge in [0.15, 0.2) is 17.2 Å². The summed E-state index contributed by atoms with van der Waals surface area (Å²) in [5, 5.41) is 0. The first-order valence-corrected chi connectivity index (χ1v) is 5.81. The molecule has 17 heavy (non-hydrogen) atoms. The molecule has 0 aliphatic rings. The fourth-order valence-corrected chi connectivity index (χ4v) is 1.99. The normalized spacial score (nSPS) is 10.8. The van der Waals surface area contributed by atoms with Gasteiger partial charge < -0.3 is 10.5 Å². The molecule has 0 atom stereocenters. The van der Waals surface area contributed by atoms with E-state index in [1.165, 1.54) is 0 Å². The maximum absolute atomic E-state index is 11.8. The van der Waals surface area contributed by atoms with Crippen LogP contribution >= 0.6 is 15.9 Å². The average molecular weight is 299 g/mol. The molecule has 2 heterocycles. The van der Waals surface area contributed by atoms with Crippen LogP contribution in [0.4, 0.5) is 5.82 Å². The number of nitrogens with zero attached hydrogens (tertiary/aromatic N) is 3. The van der Waals surface area contributed by atoms with Gasteiger partial charge in [0, 0.05) is 6.20 Å². The number of hydrogen-bond donors (Lipinski definition) is 1. The minimum absolute atomic E-state index is 0.262. The largest absolute Gasteiger partial charge is 0.461 e. The summed E-state index contributed by atoms with van der Waals surface area (Å²) in [6.45, 7) is 3.79. The summed E-state index contributed by atoms with van der Waals surface area (Å²) < 4.78 is 7.09. The van der Waals surface area contributed by atoms with Crippen LogP contribution in [0.3, 0.4) is 0 Å². The molecule has 90 valence electrons. The monoisotopic (exact) mass is 298 g/mol. The number of nitrogen functional groups attached to an aromatic ring is 1. The van der Waals surface area contributed by atoms with E-state index in [9.17, 15) is 4.79 Å². The number of carbonyl (C=O) groups excluding carboxylic acids is 1. The molecular weight excluding hydrogens is 288 g/mol. The molecule has 2 aromatic rings. The molecule has 7 heteroatoms. The Morgan fingerprint density at radius 1 is 1.59 bits per heavy atom. The smallest absolute Gasteiger partial charge is 0.357 e. The Hall–Kier alpha value is -1.63. The van der Waals surface area contributed by atoms with Crippen molar-refractivity contribution >= 4 is 33.4 Å². The molecule has 0 radical (unpaired) electrons. The number of nitrogens with two attached hydrogens (primary N) is 1. The van der Waals surface area contributed by atoms with Crippen LogP contribution in [0.15, 0.2) is 10.8 Å². The number of imidazole rings is 1. The number of rotatable bonds is 2. The van der Waals surface area contributed by atoms with Crippen LogP contribution in [0.25, 0.3) is 5.65 Å². The van der Waals surface area contributed by atoms with Crippen LogP contribution in [-0.2, 0) is 4.74 Å². The van der Waals surface area contributed by atoms with Gasteiger partial charge >= 0.3 is 5.97 Å². The Balaban J connectivity index is 2.70. The molecular formula is C10H11BrN4O2. The number of fused-ring (bicyclic) bond motifs is 1. The molecule has 0 aromatic carbocycles. The van der Waals surface area contributed by atoms with Gasteiger partial charge in [0.25, 0.3) is 0 Å².